The Kier molecular flexibility index (Phi) is 11.9. The summed E-state index contributed by atoms with van der Waals surface area (Å²) in [7, 11) is -4.95. The Morgan fingerprint density at radius 1 is 1.28 bits per heavy atom. The Morgan fingerprint density at radius 3 is 2.60 bits per heavy atom. The molecular weight excluding hydrogens is 606 g/mol. The minimum atomic E-state index is -4.95. The summed E-state index contributed by atoms with van der Waals surface area (Å²) in [6.07, 6.45) is 0. The normalized spacial score (nSPS) is 17.2. The van der Waals surface area contributed by atoms with Crippen LogP contribution in [0.15, 0.2) is 39.8 Å². The van der Waals surface area contributed by atoms with E-state index in [2.05, 4.69) is 42.1 Å². The maximum atomic E-state index is 13.0. The predicted molar refractivity (Wildman–Crippen MR) is 159 cm³/mol. The van der Waals surface area contributed by atoms with Crippen LogP contribution < -0.4 is 32.2 Å². The van der Waals surface area contributed by atoms with Gasteiger partial charge in [-0.3, -0.25) is 19.1 Å². The molecule has 17 nitrogen and oxygen atoms in total. The average molecular weight is 642 g/mol. The molecule has 2 amide bonds. The Bertz CT molecular complexity index is 1400. The van der Waals surface area contributed by atoms with E-state index in [0.717, 1.165) is 23.4 Å². The third-order valence-corrected chi connectivity index (χ3v) is 7.08. The molecule has 1 aliphatic rings. The molecule has 0 saturated carbocycles. The van der Waals surface area contributed by atoms with Crippen molar-refractivity contribution >= 4 is 51.1 Å². The van der Waals surface area contributed by atoms with Gasteiger partial charge in [-0.25, -0.2) is 4.98 Å². The Morgan fingerprint density at radius 2 is 2.00 bits per heavy atom. The van der Waals surface area contributed by atoms with Gasteiger partial charge in [0.15, 0.2) is 17.5 Å². The molecule has 1 saturated heterocycles. The van der Waals surface area contributed by atoms with E-state index in [9.17, 15) is 18.0 Å². The van der Waals surface area contributed by atoms with Crippen LogP contribution in [0.25, 0.3) is 0 Å². The van der Waals surface area contributed by atoms with Gasteiger partial charge in [0.25, 0.3) is 11.8 Å². The number of hydrogen-bond donors (Lipinski definition) is 6. The van der Waals surface area contributed by atoms with E-state index in [0.29, 0.717) is 30.6 Å². The van der Waals surface area contributed by atoms with Crippen LogP contribution in [0, 0.1) is 0 Å². The molecule has 1 aromatic heterocycles. The first-order valence-electron chi connectivity index (χ1n) is 12.9. The third-order valence-electron chi connectivity index (χ3n) is 6.07. The van der Waals surface area contributed by atoms with E-state index in [-0.39, 0.29) is 35.8 Å². The molecule has 8 N–H and O–H groups in total. The van der Waals surface area contributed by atoms with Crippen molar-refractivity contribution in [3.8, 4) is 5.75 Å². The summed E-state index contributed by atoms with van der Waals surface area (Å²) in [6, 6.07) is 5.85. The number of β-lactam (4-membered cyclic amide) rings is 1. The highest BCUT2D eigenvalue weighted by Gasteiger charge is 2.58. The topological polar surface area (TPSA) is 245 Å². The van der Waals surface area contributed by atoms with Crippen molar-refractivity contribution < 1.29 is 36.4 Å². The van der Waals surface area contributed by atoms with Gasteiger partial charge in [-0.15, -0.1) is 15.6 Å². The molecule has 0 spiro atoms. The van der Waals surface area contributed by atoms with Gasteiger partial charge in [-0.05, 0) is 38.3 Å². The number of rotatable bonds is 18. The monoisotopic (exact) mass is 641 g/mol. The lowest BCUT2D eigenvalue weighted by atomic mass is 9.84. The number of anilines is 1. The molecule has 43 heavy (non-hydrogen) atoms. The van der Waals surface area contributed by atoms with Crippen LogP contribution in [0.5, 0.6) is 5.75 Å². The number of amides is 2. The number of nitrogens with zero attached hydrogens (tertiary/aromatic N) is 4. The van der Waals surface area contributed by atoms with E-state index in [1.54, 1.807) is 12.1 Å². The summed E-state index contributed by atoms with van der Waals surface area (Å²) in [5.41, 5.74) is 11.4. The second-order valence-electron chi connectivity index (χ2n) is 9.64. The Hall–Kier alpha value is -3.72. The molecule has 0 aliphatic carbocycles. The number of carbonyl (C=O) groups excluding carboxylic acids is 2. The smallest absolute Gasteiger partial charge is 0.418 e. The van der Waals surface area contributed by atoms with Crippen LogP contribution in [-0.4, -0.2) is 98.4 Å². The molecule has 0 radical (unpaired) electrons. The lowest BCUT2D eigenvalue weighted by molar-refractivity contribution is -0.218. The van der Waals surface area contributed by atoms with E-state index in [4.69, 9.17) is 25.6 Å². The number of oxime groups is 1. The predicted octanol–water partition coefficient (Wildman–Crippen LogP) is -0.798. The second-order valence-corrected chi connectivity index (χ2v) is 11.5. The van der Waals surface area contributed by atoms with Gasteiger partial charge in [0, 0.05) is 31.2 Å². The van der Waals surface area contributed by atoms with Crippen LogP contribution >= 0.6 is 11.3 Å². The zero-order valence-corrected chi connectivity index (χ0v) is 25.2. The first-order valence-corrected chi connectivity index (χ1v) is 15.1. The molecule has 1 unspecified atom stereocenters. The highest BCUT2D eigenvalue weighted by atomic mass is 32.3. The average Bonchev–Trinajstić information content (AvgIpc) is 3.39. The molecule has 1 fully saturated rings. The summed E-state index contributed by atoms with van der Waals surface area (Å²) in [4.78, 5) is 38.6. The number of hydroxylamine groups is 2. The fraction of sp³-hybridized carbons (Fsp3) is 0.458. The molecule has 2 heterocycles. The summed E-state index contributed by atoms with van der Waals surface area (Å²) >= 11 is 1.06. The van der Waals surface area contributed by atoms with E-state index >= 15 is 0 Å². The lowest BCUT2D eigenvalue weighted by Crippen LogP contribution is -2.76. The van der Waals surface area contributed by atoms with Gasteiger partial charge < -0.3 is 37.0 Å². The van der Waals surface area contributed by atoms with Crippen LogP contribution in [0.4, 0.5) is 5.13 Å². The first kappa shape index (κ1) is 33.8. The number of nitrogens with one attached hydrogen (secondary N) is 3. The largest absolute Gasteiger partial charge is 0.490 e. The fourth-order valence-corrected chi connectivity index (χ4v) is 4.82. The van der Waals surface area contributed by atoms with Crippen molar-refractivity contribution in [1.82, 2.24) is 26.0 Å². The summed E-state index contributed by atoms with van der Waals surface area (Å²) < 4.78 is 40.9. The zero-order chi connectivity index (χ0) is 31.6. The van der Waals surface area contributed by atoms with Crippen LogP contribution in [0.2, 0.25) is 0 Å². The summed E-state index contributed by atoms with van der Waals surface area (Å²) in [5, 5.41) is 14.8. The molecule has 19 heteroatoms. The number of benzene rings is 1. The van der Waals surface area contributed by atoms with Gasteiger partial charge in [0.1, 0.15) is 24.1 Å². The Labute approximate surface area is 252 Å². The molecule has 1 aromatic carbocycles. The molecule has 0 bridgehead atoms. The lowest BCUT2D eigenvalue weighted by Gasteiger charge is -2.50. The number of hydrogen-bond acceptors (Lipinski definition) is 15. The summed E-state index contributed by atoms with van der Waals surface area (Å²) in [6.45, 7) is 8.88. The van der Waals surface area contributed by atoms with Crippen molar-refractivity contribution in [3.05, 3.63) is 40.9 Å². The maximum Gasteiger partial charge on any atom is 0.418 e. The SMILES string of the molecule is C=NCCNCNCC(N)c1ccc(OCCO/N=C(\C(=O)N[C@@H]2C(=O)N(OS(=O)(=O)O)C2(C)C)c2csc(N)n2)cc1. The first-order chi connectivity index (χ1) is 20.3. The number of aromatic nitrogens is 1. The number of nitrogen functional groups attached to an aromatic ring is 1. The highest BCUT2D eigenvalue weighted by molar-refractivity contribution is 7.80. The molecule has 236 valence electrons. The number of carbonyl (C=O) groups is 2. The zero-order valence-electron chi connectivity index (χ0n) is 23.6. The number of thiazole rings is 1. The minimum absolute atomic E-state index is 0.0419. The molecule has 2 atom stereocenters. The van der Waals surface area contributed by atoms with Crippen molar-refractivity contribution in [3.63, 3.8) is 0 Å². The standard InChI is InChI=1S/C24H35N9O8S2/c1-24(2)20(22(35)33(24)41-43(36,37)38)31-21(34)19(18-13-42-23(26)30-18)32-40-11-10-39-16-6-4-15(5-7-16)17(25)12-29-14-28-9-8-27-3/h4-7,13,17,20,28-29H,3,8-12,14,25H2,1-2H3,(H2,26,30)(H,31,34)(H,36,37,38)/b32-19-/t17?,20-/m1/s1. The Balaban J connectivity index is 1.51. The van der Waals surface area contributed by atoms with Crippen molar-refractivity contribution in [1.29, 1.82) is 0 Å². The maximum absolute atomic E-state index is 13.0. The van der Waals surface area contributed by atoms with Gasteiger partial charge in [-0.2, -0.15) is 13.5 Å². The molecule has 3 rings (SSSR count). The number of nitrogens with two attached hydrogens (primary N) is 2. The summed E-state index contributed by atoms with van der Waals surface area (Å²) in [5.74, 6) is -1.17. The molecule has 2 aromatic rings. The van der Waals surface area contributed by atoms with Gasteiger partial charge >= 0.3 is 10.4 Å². The van der Waals surface area contributed by atoms with E-state index in [1.807, 2.05) is 12.1 Å². The van der Waals surface area contributed by atoms with E-state index in [1.165, 1.54) is 19.2 Å². The van der Waals surface area contributed by atoms with Crippen LogP contribution in [0.3, 0.4) is 0 Å². The number of ether oxygens (including phenoxy) is 1. The third kappa shape index (κ3) is 9.64. The van der Waals surface area contributed by atoms with Crippen molar-refractivity contribution in [2.45, 2.75) is 31.5 Å². The highest BCUT2D eigenvalue weighted by Crippen LogP contribution is 2.33. The van der Waals surface area contributed by atoms with Crippen molar-refractivity contribution in [2.75, 3.05) is 45.3 Å². The number of aliphatic imine (C=N–C) groups is 1. The van der Waals surface area contributed by atoms with Crippen LogP contribution in [-0.2, 0) is 29.1 Å². The quantitative estimate of drug-likeness (QED) is 0.0292. The van der Waals surface area contributed by atoms with Crippen molar-refractivity contribution in [2.24, 2.45) is 15.9 Å². The molecule has 1 aliphatic heterocycles. The van der Waals surface area contributed by atoms with Gasteiger partial charge in [0.2, 0.25) is 0 Å². The second kappa shape index (κ2) is 15.1. The minimum Gasteiger partial charge on any atom is -0.490 e. The van der Waals surface area contributed by atoms with Gasteiger partial charge in [-0.1, -0.05) is 17.3 Å². The van der Waals surface area contributed by atoms with E-state index < -0.39 is 33.8 Å². The fourth-order valence-electron chi connectivity index (χ4n) is 3.82. The van der Waals surface area contributed by atoms with Crippen LogP contribution in [0.1, 0.15) is 31.1 Å². The molecular formula is C24H35N9O8S2. The van der Waals surface area contributed by atoms with Gasteiger partial charge in [0.05, 0.1) is 12.1 Å².